The van der Waals surface area contributed by atoms with E-state index in [9.17, 15) is 19.4 Å². The third kappa shape index (κ3) is 57.2. The number of amides is 1. The van der Waals surface area contributed by atoms with Gasteiger partial charge in [-0.25, -0.2) is 0 Å². The van der Waals surface area contributed by atoms with Crippen LogP contribution in [0.4, 0.5) is 0 Å². The summed E-state index contributed by atoms with van der Waals surface area (Å²) in [6, 6.07) is -0.796. The number of aliphatic hydroxyl groups is 1. The van der Waals surface area contributed by atoms with Crippen molar-refractivity contribution in [2.75, 3.05) is 40.9 Å². The van der Waals surface area contributed by atoms with Crippen LogP contribution >= 0.6 is 7.82 Å². The Balaban J connectivity index is 4.01. The highest BCUT2D eigenvalue weighted by molar-refractivity contribution is 7.45. The van der Waals surface area contributed by atoms with Crippen LogP contribution in [0.15, 0.2) is 0 Å². The zero-order chi connectivity index (χ0) is 52.7. The second-order valence-electron chi connectivity index (χ2n) is 23.8. The zero-order valence-corrected chi connectivity index (χ0v) is 50.3. The molecule has 0 aliphatic carbocycles. The number of quaternary nitrogens is 1. The third-order valence-corrected chi connectivity index (χ3v) is 16.3. The number of phosphoric ester groups is 1. The molecule has 72 heavy (non-hydrogen) atoms. The normalized spacial score (nSPS) is 13.7. The maximum atomic E-state index is 13.0. The van der Waals surface area contributed by atoms with E-state index in [0.717, 1.165) is 38.5 Å². The number of phosphoric acid groups is 1. The van der Waals surface area contributed by atoms with Crippen LogP contribution in [0, 0.1) is 0 Å². The molecule has 8 nitrogen and oxygen atoms in total. The molecule has 2 N–H and O–H groups in total. The number of nitrogens with one attached hydrogen (secondary N) is 1. The van der Waals surface area contributed by atoms with Crippen molar-refractivity contribution in [3.63, 3.8) is 0 Å². The maximum absolute atomic E-state index is 13.0. The van der Waals surface area contributed by atoms with Crippen molar-refractivity contribution < 1.29 is 32.9 Å². The molecule has 1 amide bonds. The summed E-state index contributed by atoms with van der Waals surface area (Å²) >= 11 is 0. The fourth-order valence-electron chi connectivity index (χ4n) is 10.3. The number of unbranched alkanes of at least 4 members (excludes halogenated alkanes) is 48. The maximum Gasteiger partial charge on any atom is 0.268 e. The topological polar surface area (TPSA) is 108 Å². The van der Waals surface area contributed by atoms with Gasteiger partial charge in [0.15, 0.2) is 0 Å². The molecule has 0 fully saturated rings. The molecular formula is C63H129N2O6P. The Morgan fingerprint density at radius 1 is 0.431 bits per heavy atom. The van der Waals surface area contributed by atoms with Crippen LogP contribution in [0.1, 0.15) is 348 Å². The van der Waals surface area contributed by atoms with Crippen molar-refractivity contribution in [1.82, 2.24) is 5.32 Å². The summed E-state index contributed by atoms with van der Waals surface area (Å²) in [6.07, 6.45) is 67.3. The Hall–Kier alpha value is -0.500. The molecule has 0 aromatic carbocycles. The van der Waals surface area contributed by atoms with Crippen LogP contribution in [0.3, 0.4) is 0 Å². The quantitative estimate of drug-likeness (QED) is 0.0357. The minimum absolute atomic E-state index is 0.0168. The van der Waals surface area contributed by atoms with E-state index in [-0.39, 0.29) is 19.1 Å². The van der Waals surface area contributed by atoms with Crippen molar-refractivity contribution in [1.29, 1.82) is 0 Å². The van der Waals surface area contributed by atoms with E-state index in [1.807, 2.05) is 21.1 Å². The largest absolute Gasteiger partial charge is 0.756 e. The van der Waals surface area contributed by atoms with E-state index in [1.54, 1.807) is 0 Å². The van der Waals surface area contributed by atoms with E-state index < -0.39 is 20.0 Å². The van der Waals surface area contributed by atoms with Gasteiger partial charge in [0.2, 0.25) is 5.91 Å². The molecule has 3 atom stereocenters. The lowest BCUT2D eigenvalue weighted by molar-refractivity contribution is -0.870. The Morgan fingerprint density at radius 2 is 0.681 bits per heavy atom. The monoisotopic (exact) mass is 1040 g/mol. The second-order valence-corrected chi connectivity index (χ2v) is 25.3. The van der Waals surface area contributed by atoms with Gasteiger partial charge in [0, 0.05) is 6.42 Å². The Bertz CT molecular complexity index is 1140. The predicted molar refractivity (Wildman–Crippen MR) is 312 cm³/mol. The van der Waals surface area contributed by atoms with Crippen LogP contribution in [0.25, 0.3) is 0 Å². The number of carbonyl (C=O) groups is 1. The van der Waals surface area contributed by atoms with Crippen LogP contribution in [0.2, 0.25) is 0 Å². The predicted octanol–water partition coefficient (Wildman–Crippen LogP) is 19.4. The summed E-state index contributed by atoms with van der Waals surface area (Å²) in [5.41, 5.74) is 0. The van der Waals surface area contributed by atoms with Gasteiger partial charge < -0.3 is 28.8 Å². The fraction of sp³-hybridized carbons (Fsp3) is 0.984. The molecule has 432 valence electrons. The Morgan fingerprint density at radius 3 is 0.944 bits per heavy atom. The Kier molecular flexibility index (Phi) is 54.9. The number of carbonyl (C=O) groups excluding carboxylic acids is 1. The van der Waals surface area contributed by atoms with Crippen LogP contribution in [0.5, 0.6) is 0 Å². The first-order valence-electron chi connectivity index (χ1n) is 32.4. The van der Waals surface area contributed by atoms with E-state index >= 15 is 0 Å². The number of hydrogen-bond acceptors (Lipinski definition) is 6. The summed E-state index contributed by atoms with van der Waals surface area (Å²) < 4.78 is 23.5. The first-order chi connectivity index (χ1) is 35.0. The molecule has 0 saturated heterocycles. The summed E-state index contributed by atoms with van der Waals surface area (Å²) in [5.74, 6) is -0.155. The summed E-state index contributed by atoms with van der Waals surface area (Å²) in [7, 11) is 1.33. The molecule has 0 aliphatic heterocycles. The lowest BCUT2D eigenvalue weighted by atomic mass is 10.0. The highest BCUT2D eigenvalue weighted by atomic mass is 31.2. The summed E-state index contributed by atoms with van der Waals surface area (Å²) in [5, 5.41) is 14.1. The van der Waals surface area contributed by atoms with Gasteiger partial charge in [0.25, 0.3) is 7.82 Å². The van der Waals surface area contributed by atoms with Crippen molar-refractivity contribution >= 4 is 13.7 Å². The van der Waals surface area contributed by atoms with Gasteiger partial charge >= 0.3 is 0 Å². The molecule has 0 bridgehead atoms. The van der Waals surface area contributed by atoms with E-state index in [4.69, 9.17) is 9.05 Å². The van der Waals surface area contributed by atoms with Crippen molar-refractivity contribution in [3.05, 3.63) is 0 Å². The van der Waals surface area contributed by atoms with Gasteiger partial charge in [0.05, 0.1) is 39.9 Å². The highest BCUT2D eigenvalue weighted by Crippen LogP contribution is 2.38. The molecule has 0 aliphatic rings. The number of nitrogens with zero attached hydrogens (tertiary/aromatic N) is 1. The summed E-state index contributed by atoms with van der Waals surface area (Å²) in [6.45, 7) is 4.79. The molecule has 0 rings (SSSR count). The molecular weight excluding hydrogens is 912 g/mol. The first-order valence-corrected chi connectivity index (χ1v) is 33.8. The minimum Gasteiger partial charge on any atom is -0.756 e. The number of hydrogen-bond donors (Lipinski definition) is 2. The molecule has 0 aromatic rings. The molecule has 0 aromatic heterocycles. The van der Waals surface area contributed by atoms with Gasteiger partial charge in [-0.15, -0.1) is 0 Å². The standard InChI is InChI=1S/C63H129N2O6P/c1-6-8-10-12-14-16-18-20-22-24-26-28-29-30-31-32-33-34-35-36-37-38-40-42-44-46-48-50-52-54-56-62(66)61(60-71-72(68,69)70-59-58-65(3,4)5)64-63(67)57-55-53-51-49-47-45-43-41-39-27-25-23-21-19-17-15-13-11-9-7-2/h61-62,66H,6-60H2,1-5H3,(H-,64,67,68,69). The number of aliphatic hydroxyl groups excluding tert-OH is 1. The number of likely N-dealkylation sites (N-methyl/N-ethyl adjacent to an activating group) is 1. The van der Waals surface area contributed by atoms with Crippen LogP contribution in [-0.4, -0.2) is 68.5 Å². The summed E-state index contributed by atoms with van der Waals surface area (Å²) in [4.78, 5) is 25.6. The SMILES string of the molecule is CCCCCCCCCCCCCCCCCCCCCCCCCCCCCCCCC(O)C(COP(=O)([O-])OCC[N+](C)(C)C)NC(=O)CCCCCCCCCCCCCCCCCCCCCC. The van der Waals surface area contributed by atoms with Gasteiger partial charge in [-0.05, 0) is 12.8 Å². The molecule has 0 spiro atoms. The highest BCUT2D eigenvalue weighted by Gasteiger charge is 2.24. The van der Waals surface area contributed by atoms with E-state index in [1.165, 1.54) is 283 Å². The second kappa shape index (κ2) is 55.3. The molecule has 0 radical (unpaired) electrons. The lowest BCUT2D eigenvalue weighted by Crippen LogP contribution is -2.46. The van der Waals surface area contributed by atoms with Crippen molar-refractivity contribution in [2.45, 2.75) is 360 Å². The van der Waals surface area contributed by atoms with E-state index in [0.29, 0.717) is 23.9 Å². The van der Waals surface area contributed by atoms with Crippen LogP contribution in [-0.2, 0) is 18.4 Å². The van der Waals surface area contributed by atoms with Gasteiger partial charge in [-0.3, -0.25) is 9.36 Å². The Labute approximate surface area is 450 Å². The fourth-order valence-corrected chi connectivity index (χ4v) is 11.0. The lowest BCUT2D eigenvalue weighted by Gasteiger charge is -2.30. The first kappa shape index (κ1) is 71.5. The minimum atomic E-state index is -4.57. The van der Waals surface area contributed by atoms with Crippen molar-refractivity contribution in [3.8, 4) is 0 Å². The average Bonchev–Trinajstić information content (AvgIpc) is 3.34. The van der Waals surface area contributed by atoms with E-state index in [2.05, 4.69) is 19.2 Å². The average molecular weight is 1040 g/mol. The van der Waals surface area contributed by atoms with Gasteiger partial charge in [-0.1, -0.05) is 328 Å². The van der Waals surface area contributed by atoms with Gasteiger partial charge in [-0.2, -0.15) is 0 Å². The van der Waals surface area contributed by atoms with Gasteiger partial charge in [0.1, 0.15) is 13.2 Å². The smallest absolute Gasteiger partial charge is 0.268 e. The number of rotatable bonds is 61. The third-order valence-electron chi connectivity index (χ3n) is 15.3. The van der Waals surface area contributed by atoms with Crippen LogP contribution < -0.4 is 10.2 Å². The molecule has 9 heteroatoms. The molecule has 0 heterocycles. The molecule has 3 unspecified atom stereocenters. The van der Waals surface area contributed by atoms with Crippen molar-refractivity contribution in [2.24, 2.45) is 0 Å². The zero-order valence-electron chi connectivity index (χ0n) is 49.4. The molecule has 0 saturated carbocycles.